The Labute approximate surface area is 79.3 Å². The largest absolute Gasteiger partial charge is 0.298 e. The zero-order chi connectivity index (χ0) is 10.0. The van der Waals surface area contributed by atoms with E-state index in [0.717, 1.165) is 12.1 Å². The molecule has 1 aromatic carbocycles. The van der Waals surface area contributed by atoms with Gasteiger partial charge in [0, 0.05) is 11.1 Å². The van der Waals surface area contributed by atoms with Gasteiger partial charge in [0.1, 0.15) is 5.82 Å². The van der Waals surface area contributed by atoms with Crippen molar-refractivity contribution in [1.29, 1.82) is 0 Å². The van der Waals surface area contributed by atoms with Crippen LogP contribution >= 0.6 is 11.6 Å². The van der Waals surface area contributed by atoms with E-state index < -0.39 is 5.82 Å². The summed E-state index contributed by atoms with van der Waals surface area (Å²) in [5.74, 6) is -1.02. The number of rotatable bonds is 2. The lowest BCUT2D eigenvalue weighted by molar-refractivity contribution is 0.100. The molecule has 0 saturated carbocycles. The third-order valence-electron chi connectivity index (χ3n) is 1.60. The molecule has 0 unspecified atom stereocenters. The van der Waals surface area contributed by atoms with Gasteiger partial charge in [-0.3, -0.25) is 9.59 Å². The quantitative estimate of drug-likeness (QED) is 0.543. The second kappa shape index (κ2) is 3.66. The van der Waals surface area contributed by atoms with Crippen LogP contribution in [0.5, 0.6) is 0 Å². The van der Waals surface area contributed by atoms with E-state index in [1.165, 1.54) is 6.92 Å². The molecule has 0 bridgehead atoms. The number of carbonyl (C=O) groups is 2. The summed E-state index contributed by atoms with van der Waals surface area (Å²) in [6, 6.07) is 2.11. The monoisotopic (exact) mass is 200 g/mol. The van der Waals surface area contributed by atoms with Crippen LogP contribution < -0.4 is 0 Å². The highest BCUT2D eigenvalue weighted by Gasteiger charge is 2.10. The van der Waals surface area contributed by atoms with Crippen molar-refractivity contribution >= 4 is 23.7 Å². The molecule has 1 aromatic rings. The van der Waals surface area contributed by atoms with Crippen molar-refractivity contribution < 1.29 is 14.0 Å². The first-order chi connectivity index (χ1) is 6.06. The molecule has 0 radical (unpaired) electrons. The van der Waals surface area contributed by atoms with E-state index in [0.29, 0.717) is 6.29 Å². The van der Waals surface area contributed by atoms with E-state index in [1.54, 1.807) is 0 Å². The number of hydrogen-bond acceptors (Lipinski definition) is 2. The SMILES string of the molecule is CC(=O)c1cc(Cl)c(F)cc1C=O. The van der Waals surface area contributed by atoms with Crippen molar-refractivity contribution in [2.75, 3.05) is 0 Å². The van der Waals surface area contributed by atoms with Crippen LogP contribution in [0.3, 0.4) is 0 Å². The molecule has 13 heavy (non-hydrogen) atoms. The maximum Gasteiger partial charge on any atom is 0.160 e. The lowest BCUT2D eigenvalue weighted by Crippen LogP contribution is -1.99. The summed E-state index contributed by atoms with van der Waals surface area (Å²) in [4.78, 5) is 21.4. The Morgan fingerprint density at radius 2 is 2.15 bits per heavy atom. The van der Waals surface area contributed by atoms with Gasteiger partial charge in [0.15, 0.2) is 12.1 Å². The molecular weight excluding hydrogens is 195 g/mol. The van der Waals surface area contributed by atoms with Crippen LogP contribution in [0.2, 0.25) is 5.02 Å². The Balaban J connectivity index is 3.41. The van der Waals surface area contributed by atoms with Gasteiger partial charge < -0.3 is 0 Å². The second-order valence-corrected chi connectivity index (χ2v) is 2.93. The fourth-order valence-corrected chi connectivity index (χ4v) is 1.13. The van der Waals surface area contributed by atoms with Gasteiger partial charge in [-0.05, 0) is 19.1 Å². The summed E-state index contributed by atoms with van der Waals surface area (Å²) < 4.78 is 12.8. The topological polar surface area (TPSA) is 34.1 Å². The summed E-state index contributed by atoms with van der Waals surface area (Å²) in [7, 11) is 0. The molecule has 0 aliphatic carbocycles. The fourth-order valence-electron chi connectivity index (χ4n) is 0.965. The molecule has 0 N–H and O–H groups in total. The van der Waals surface area contributed by atoms with Crippen LogP contribution in [0.15, 0.2) is 12.1 Å². The maximum atomic E-state index is 12.8. The summed E-state index contributed by atoms with van der Waals surface area (Å²) in [6.07, 6.45) is 0.427. The summed E-state index contributed by atoms with van der Waals surface area (Å²) in [5, 5.41) is -0.157. The van der Waals surface area contributed by atoms with Crippen LogP contribution in [0, 0.1) is 5.82 Å². The Hall–Kier alpha value is -1.22. The number of halogens is 2. The van der Waals surface area contributed by atoms with Gasteiger partial charge in [0.05, 0.1) is 5.02 Å². The molecule has 0 fully saturated rings. The van der Waals surface area contributed by atoms with E-state index in [9.17, 15) is 14.0 Å². The molecule has 0 amide bonds. The number of hydrogen-bond donors (Lipinski definition) is 0. The molecular formula is C9H6ClFO2. The van der Waals surface area contributed by atoms with Crippen LogP contribution in [0.25, 0.3) is 0 Å². The second-order valence-electron chi connectivity index (χ2n) is 2.53. The number of benzene rings is 1. The van der Waals surface area contributed by atoms with Crippen molar-refractivity contribution in [3.05, 3.63) is 34.1 Å². The molecule has 0 aromatic heterocycles. The Bertz CT molecular complexity index is 374. The van der Waals surface area contributed by atoms with Crippen molar-refractivity contribution in [2.45, 2.75) is 6.92 Å². The van der Waals surface area contributed by atoms with Crippen molar-refractivity contribution in [1.82, 2.24) is 0 Å². The molecule has 0 spiro atoms. The molecule has 0 aliphatic rings. The van der Waals surface area contributed by atoms with Gasteiger partial charge in [0.25, 0.3) is 0 Å². The van der Waals surface area contributed by atoms with Crippen LogP contribution in [-0.4, -0.2) is 12.1 Å². The fraction of sp³-hybridized carbons (Fsp3) is 0.111. The minimum atomic E-state index is -0.700. The predicted octanol–water partition coefficient (Wildman–Crippen LogP) is 2.49. The Morgan fingerprint density at radius 1 is 1.54 bits per heavy atom. The highest BCUT2D eigenvalue weighted by atomic mass is 35.5. The summed E-state index contributed by atoms with van der Waals surface area (Å²) >= 11 is 5.44. The zero-order valence-corrected chi connectivity index (χ0v) is 7.56. The smallest absolute Gasteiger partial charge is 0.160 e. The average Bonchev–Trinajstić information content (AvgIpc) is 2.08. The summed E-state index contributed by atoms with van der Waals surface area (Å²) in [6.45, 7) is 1.29. The minimum Gasteiger partial charge on any atom is -0.298 e. The third-order valence-corrected chi connectivity index (χ3v) is 1.89. The van der Waals surface area contributed by atoms with Crippen LogP contribution in [0.4, 0.5) is 4.39 Å². The lowest BCUT2D eigenvalue weighted by Gasteiger charge is -2.01. The molecule has 1 rings (SSSR count). The van der Waals surface area contributed by atoms with Gasteiger partial charge in [-0.15, -0.1) is 0 Å². The first kappa shape index (κ1) is 9.86. The molecule has 2 nitrogen and oxygen atoms in total. The minimum absolute atomic E-state index is 0.0226. The van der Waals surface area contributed by atoms with Crippen LogP contribution in [0.1, 0.15) is 27.6 Å². The maximum absolute atomic E-state index is 12.8. The average molecular weight is 201 g/mol. The molecule has 0 saturated heterocycles. The molecule has 0 atom stereocenters. The molecule has 68 valence electrons. The third kappa shape index (κ3) is 1.92. The number of ketones is 1. The highest BCUT2D eigenvalue weighted by molar-refractivity contribution is 6.31. The van der Waals surface area contributed by atoms with Crippen molar-refractivity contribution in [3.63, 3.8) is 0 Å². The Morgan fingerprint density at radius 3 is 2.62 bits per heavy atom. The first-order valence-corrected chi connectivity index (χ1v) is 3.89. The van der Waals surface area contributed by atoms with Gasteiger partial charge in [-0.25, -0.2) is 4.39 Å². The van der Waals surface area contributed by atoms with E-state index in [4.69, 9.17) is 11.6 Å². The molecule has 0 heterocycles. The van der Waals surface area contributed by atoms with Crippen molar-refractivity contribution in [2.24, 2.45) is 0 Å². The van der Waals surface area contributed by atoms with Gasteiger partial charge in [-0.2, -0.15) is 0 Å². The zero-order valence-electron chi connectivity index (χ0n) is 6.80. The standard InChI is InChI=1S/C9H6ClFO2/c1-5(13)7-3-8(10)9(11)2-6(7)4-12/h2-4H,1H3. The van der Waals surface area contributed by atoms with E-state index >= 15 is 0 Å². The molecule has 0 aliphatic heterocycles. The van der Waals surface area contributed by atoms with E-state index in [2.05, 4.69) is 0 Å². The van der Waals surface area contributed by atoms with Crippen molar-refractivity contribution in [3.8, 4) is 0 Å². The van der Waals surface area contributed by atoms with Gasteiger partial charge in [-0.1, -0.05) is 11.6 Å². The van der Waals surface area contributed by atoms with Gasteiger partial charge >= 0.3 is 0 Å². The number of Topliss-reactive ketones (excluding diaryl/α,β-unsaturated/α-hetero) is 1. The first-order valence-electron chi connectivity index (χ1n) is 3.51. The Kier molecular flexibility index (Phi) is 2.78. The lowest BCUT2D eigenvalue weighted by atomic mass is 10.1. The number of aldehydes is 1. The van der Waals surface area contributed by atoms with E-state index in [1.807, 2.05) is 0 Å². The highest BCUT2D eigenvalue weighted by Crippen LogP contribution is 2.19. The summed E-state index contributed by atoms with van der Waals surface area (Å²) in [5.41, 5.74) is 0.163. The number of carbonyl (C=O) groups excluding carboxylic acids is 2. The van der Waals surface area contributed by atoms with Gasteiger partial charge in [0.2, 0.25) is 0 Å². The van der Waals surface area contributed by atoms with E-state index in [-0.39, 0.29) is 21.9 Å². The normalized spacial score (nSPS) is 9.77. The van der Waals surface area contributed by atoms with Crippen LogP contribution in [-0.2, 0) is 0 Å². The molecule has 4 heteroatoms. The predicted molar refractivity (Wildman–Crippen MR) is 46.8 cm³/mol.